The number of nitrogens with one attached hydrogen (secondary N) is 1. The zero-order chi connectivity index (χ0) is 23.8. The van der Waals surface area contributed by atoms with E-state index in [0.29, 0.717) is 5.56 Å². The van der Waals surface area contributed by atoms with Crippen LogP contribution in [0.2, 0.25) is 0 Å². The summed E-state index contributed by atoms with van der Waals surface area (Å²) in [5.41, 5.74) is 6.78. The molecule has 7 heteroatoms. The molecule has 35 heavy (non-hydrogen) atoms. The van der Waals surface area contributed by atoms with Gasteiger partial charge in [0.05, 0.1) is 23.3 Å². The second-order valence-corrected chi connectivity index (χ2v) is 9.96. The lowest BCUT2D eigenvalue weighted by Crippen LogP contribution is -2.54. The largest absolute Gasteiger partial charge is 0.370 e. The van der Waals surface area contributed by atoms with Crippen LogP contribution in [0.5, 0.6) is 0 Å². The summed E-state index contributed by atoms with van der Waals surface area (Å²) in [4.78, 5) is 12.0. The van der Waals surface area contributed by atoms with Gasteiger partial charge in [0, 0.05) is 81.9 Å². The van der Waals surface area contributed by atoms with E-state index < -0.39 is 0 Å². The summed E-state index contributed by atoms with van der Waals surface area (Å²) in [6.45, 7) is 11.0. The molecule has 0 aliphatic carbocycles. The Kier molecular flexibility index (Phi) is 6.03. The Morgan fingerprint density at radius 2 is 1.89 bits per heavy atom. The maximum absolute atomic E-state index is 9.50. The van der Waals surface area contributed by atoms with Crippen molar-refractivity contribution in [3.05, 3.63) is 65.4 Å². The van der Waals surface area contributed by atoms with Crippen molar-refractivity contribution < 1.29 is 4.74 Å². The summed E-state index contributed by atoms with van der Waals surface area (Å²) in [6.07, 6.45) is 2.06. The molecule has 0 amide bonds. The molecule has 0 saturated carbocycles. The first-order valence-electron chi connectivity index (χ1n) is 12.7. The van der Waals surface area contributed by atoms with Gasteiger partial charge in [0.25, 0.3) is 0 Å². The third-order valence-corrected chi connectivity index (χ3v) is 7.55. The minimum Gasteiger partial charge on any atom is -0.370 e. The molecule has 180 valence electrons. The van der Waals surface area contributed by atoms with Crippen molar-refractivity contribution >= 4 is 22.3 Å². The number of ether oxygens (including phenoxy) is 1. The van der Waals surface area contributed by atoms with E-state index >= 15 is 0 Å². The zero-order valence-corrected chi connectivity index (χ0v) is 20.3. The first-order chi connectivity index (χ1) is 17.2. The van der Waals surface area contributed by atoms with E-state index in [1.54, 1.807) is 6.20 Å². The molecule has 2 aromatic carbocycles. The lowest BCUT2D eigenvalue weighted by molar-refractivity contribution is -0.0327. The number of nitriles is 1. The number of anilines is 2. The number of fused-ring (bicyclic) bond motifs is 2. The fourth-order valence-electron chi connectivity index (χ4n) is 5.82. The summed E-state index contributed by atoms with van der Waals surface area (Å²) in [7, 11) is 0. The smallest absolute Gasteiger partial charge is 0.101 e. The van der Waals surface area contributed by atoms with Crippen molar-refractivity contribution in [1.82, 2.24) is 15.2 Å². The molecular weight excluding hydrogens is 436 g/mol. The first kappa shape index (κ1) is 22.3. The highest BCUT2D eigenvalue weighted by Crippen LogP contribution is 2.30. The zero-order valence-electron chi connectivity index (χ0n) is 20.3. The number of hydrogen-bond donors (Lipinski definition) is 1. The Bertz CT molecular complexity index is 1260. The highest BCUT2D eigenvalue weighted by atomic mass is 16.5. The monoisotopic (exact) mass is 468 g/mol. The highest BCUT2D eigenvalue weighted by Gasteiger charge is 2.29. The highest BCUT2D eigenvalue weighted by molar-refractivity contribution is 5.95. The van der Waals surface area contributed by atoms with Gasteiger partial charge >= 0.3 is 0 Å². The molecule has 3 aliphatic rings. The van der Waals surface area contributed by atoms with Gasteiger partial charge < -0.3 is 19.9 Å². The second-order valence-electron chi connectivity index (χ2n) is 9.96. The van der Waals surface area contributed by atoms with Crippen LogP contribution in [0, 0.1) is 11.3 Å². The number of pyridine rings is 1. The molecule has 0 spiro atoms. The van der Waals surface area contributed by atoms with Gasteiger partial charge in [-0.25, -0.2) is 0 Å². The Balaban J connectivity index is 1.12. The van der Waals surface area contributed by atoms with Gasteiger partial charge in [0.1, 0.15) is 6.07 Å². The Morgan fingerprint density at radius 1 is 1.03 bits per heavy atom. The van der Waals surface area contributed by atoms with Crippen molar-refractivity contribution in [2.45, 2.75) is 32.2 Å². The van der Waals surface area contributed by atoms with Gasteiger partial charge in [-0.1, -0.05) is 6.07 Å². The van der Waals surface area contributed by atoms with Crippen LogP contribution < -0.4 is 15.1 Å². The molecule has 1 N–H and O–H groups in total. The Labute approximate surface area is 206 Å². The number of piperazine rings is 1. The van der Waals surface area contributed by atoms with E-state index in [1.807, 2.05) is 12.1 Å². The minimum atomic E-state index is 0.150. The number of rotatable bonds is 4. The quantitative estimate of drug-likeness (QED) is 0.631. The molecule has 7 nitrogen and oxygen atoms in total. The van der Waals surface area contributed by atoms with E-state index in [4.69, 9.17) is 4.74 Å². The predicted octanol–water partition coefficient (Wildman–Crippen LogP) is 3.13. The molecule has 4 heterocycles. The maximum atomic E-state index is 9.50. The van der Waals surface area contributed by atoms with E-state index in [-0.39, 0.29) is 12.2 Å². The average Bonchev–Trinajstić information content (AvgIpc) is 3.36. The third kappa shape index (κ3) is 4.45. The molecule has 2 atom stereocenters. The van der Waals surface area contributed by atoms with E-state index in [0.717, 1.165) is 75.5 Å². The predicted molar refractivity (Wildman–Crippen MR) is 139 cm³/mol. The molecule has 0 radical (unpaired) electrons. The molecule has 2 fully saturated rings. The fraction of sp³-hybridized carbons (Fsp3) is 0.429. The van der Waals surface area contributed by atoms with Crippen LogP contribution >= 0.6 is 0 Å². The van der Waals surface area contributed by atoms with Crippen molar-refractivity contribution in [1.29, 1.82) is 5.26 Å². The summed E-state index contributed by atoms with van der Waals surface area (Å²) in [5, 5.41) is 14.0. The lowest BCUT2D eigenvalue weighted by atomic mass is 10.1. The van der Waals surface area contributed by atoms with Crippen LogP contribution in [-0.4, -0.2) is 67.9 Å². The summed E-state index contributed by atoms with van der Waals surface area (Å²) in [6, 6.07) is 17.2. The van der Waals surface area contributed by atoms with Crippen molar-refractivity contribution in [2.75, 3.05) is 55.6 Å². The van der Waals surface area contributed by atoms with Crippen LogP contribution in [0.25, 0.3) is 10.9 Å². The van der Waals surface area contributed by atoms with Gasteiger partial charge in [0.2, 0.25) is 0 Å². The van der Waals surface area contributed by atoms with Gasteiger partial charge in [-0.2, -0.15) is 5.26 Å². The van der Waals surface area contributed by atoms with E-state index in [9.17, 15) is 5.26 Å². The van der Waals surface area contributed by atoms with Crippen LogP contribution in [-0.2, 0) is 17.8 Å². The molecule has 0 bridgehead atoms. The fourth-order valence-corrected chi connectivity index (χ4v) is 5.82. The topological polar surface area (TPSA) is 67.7 Å². The van der Waals surface area contributed by atoms with Crippen LogP contribution in [0.1, 0.15) is 23.6 Å². The number of aromatic nitrogens is 1. The standard InChI is InChI=1S/C28H32N6O/c1-20-17-34(27-7-5-21(14-29)28-26(27)3-2-8-31-28)19-25(35-20)18-32-9-11-33(12-10-32)24-6-4-22-15-30-16-23(22)13-24/h2-8,13,20,25,30H,9-12,15-19H2,1H3. The van der Waals surface area contributed by atoms with Crippen LogP contribution in [0.15, 0.2) is 48.7 Å². The number of hydrogen-bond acceptors (Lipinski definition) is 7. The third-order valence-electron chi connectivity index (χ3n) is 7.55. The number of morpholine rings is 1. The van der Waals surface area contributed by atoms with Crippen LogP contribution in [0.3, 0.4) is 0 Å². The molecule has 2 saturated heterocycles. The van der Waals surface area contributed by atoms with Crippen molar-refractivity contribution in [2.24, 2.45) is 0 Å². The molecule has 2 unspecified atom stereocenters. The minimum absolute atomic E-state index is 0.150. The maximum Gasteiger partial charge on any atom is 0.101 e. The van der Waals surface area contributed by atoms with Gasteiger partial charge in [0.15, 0.2) is 0 Å². The second kappa shape index (κ2) is 9.46. The van der Waals surface area contributed by atoms with E-state index in [2.05, 4.69) is 68.3 Å². The van der Waals surface area contributed by atoms with Gasteiger partial charge in [-0.05, 0) is 54.4 Å². The molecule has 3 aromatic rings. The summed E-state index contributed by atoms with van der Waals surface area (Å²) in [5.74, 6) is 0. The number of benzene rings is 2. The lowest BCUT2D eigenvalue weighted by Gasteiger charge is -2.42. The van der Waals surface area contributed by atoms with Crippen LogP contribution in [0.4, 0.5) is 11.4 Å². The average molecular weight is 469 g/mol. The number of nitrogens with zero attached hydrogens (tertiary/aromatic N) is 5. The molecule has 6 rings (SSSR count). The summed E-state index contributed by atoms with van der Waals surface area (Å²) < 4.78 is 6.39. The normalized spacial score (nSPS) is 22.9. The van der Waals surface area contributed by atoms with Gasteiger partial charge in [-0.3, -0.25) is 9.88 Å². The Hall–Kier alpha value is -3.18. The molecular formula is C28H32N6O. The SMILES string of the molecule is CC1CN(c2ccc(C#N)c3ncccc23)CC(CN2CCN(c3ccc4c(c3)CNC4)CC2)O1. The van der Waals surface area contributed by atoms with Gasteiger partial charge in [-0.15, -0.1) is 0 Å². The van der Waals surface area contributed by atoms with Crippen molar-refractivity contribution in [3.8, 4) is 6.07 Å². The van der Waals surface area contributed by atoms with E-state index in [1.165, 1.54) is 16.8 Å². The molecule has 3 aliphatic heterocycles. The molecule has 1 aromatic heterocycles. The Morgan fingerprint density at radius 3 is 2.74 bits per heavy atom. The van der Waals surface area contributed by atoms with Crippen molar-refractivity contribution in [3.63, 3.8) is 0 Å². The first-order valence-corrected chi connectivity index (χ1v) is 12.7. The summed E-state index contributed by atoms with van der Waals surface area (Å²) >= 11 is 0.